The standard InChI is InChI=1S/C5H5F3O4/c6-5(7,8)4(11)3(10)2(9)1-12-4/h2,9,11H,1H2/t2?,4-/m0/s1. The molecular formula is C5H5F3O4. The Morgan fingerprint density at radius 3 is 2.25 bits per heavy atom. The van der Waals surface area contributed by atoms with Crippen molar-refractivity contribution in [2.24, 2.45) is 0 Å². The highest BCUT2D eigenvalue weighted by molar-refractivity contribution is 5.92. The summed E-state index contributed by atoms with van der Waals surface area (Å²) in [6, 6.07) is 0. The lowest BCUT2D eigenvalue weighted by atomic mass is 10.1. The summed E-state index contributed by atoms with van der Waals surface area (Å²) >= 11 is 0. The van der Waals surface area contributed by atoms with Crippen LogP contribution in [0.15, 0.2) is 0 Å². The van der Waals surface area contributed by atoms with Gasteiger partial charge in [-0.25, -0.2) is 0 Å². The van der Waals surface area contributed by atoms with Gasteiger partial charge in [0.25, 0.3) is 0 Å². The quantitative estimate of drug-likeness (QED) is 0.519. The minimum absolute atomic E-state index is 0.838. The fourth-order valence-electron chi connectivity index (χ4n) is 0.794. The second-order valence-corrected chi connectivity index (χ2v) is 2.33. The first-order valence-electron chi connectivity index (χ1n) is 2.94. The molecule has 1 fully saturated rings. The number of carbonyl (C=O) groups is 1. The highest BCUT2D eigenvalue weighted by Gasteiger charge is 2.66. The van der Waals surface area contributed by atoms with Gasteiger partial charge in [-0.15, -0.1) is 0 Å². The number of ketones is 1. The first kappa shape index (κ1) is 9.43. The Balaban J connectivity index is 2.94. The molecule has 4 nitrogen and oxygen atoms in total. The van der Waals surface area contributed by atoms with Gasteiger partial charge in [0.15, 0.2) is 0 Å². The van der Waals surface area contributed by atoms with Gasteiger partial charge in [-0.1, -0.05) is 0 Å². The zero-order valence-electron chi connectivity index (χ0n) is 5.63. The Labute approximate surface area is 64.6 Å². The lowest BCUT2D eigenvalue weighted by Crippen LogP contribution is -2.51. The Kier molecular flexibility index (Phi) is 1.89. The van der Waals surface area contributed by atoms with Crippen molar-refractivity contribution in [3.8, 4) is 0 Å². The molecule has 0 aliphatic carbocycles. The number of hydrogen-bond donors (Lipinski definition) is 2. The third kappa shape index (κ3) is 1.10. The van der Waals surface area contributed by atoms with Crippen molar-refractivity contribution in [2.75, 3.05) is 6.61 Å². The second-order valence-electron chi connectivity index (χ2n) is 2.33. The van der Waals surface area contributed by atoms with E-state index in [9.17, 15) is 18.0 Å². The molecule has 70 valence electrons. The van der Waals surface area contributed by atoms with E-state index < -0.39 is 30.5 Å². The van der Waals surface area contributed by atoms with Crippen molar-refractivity contribution in [1.29, 1.82) is 0 Å². The van der Waals surface area contributed by atoms with Gasteiger partial charge in [0, 0.05) is 0 Å². The van der Waals surface area contributed by atoms with E-state index in [4.69, 9.17) is 10.2 Å². The third-order valence-electron chi connectivity index (χ3n) is 1.47. The molecule has 0 bridgehead atoms. The van der Waals surface area contributed by atoms with Crippen molar-refractivity contribution < 1.29 is 32.9 Å². The molecule has 0 amide bonds. The van der Waals surface area contributed by atoms with Gasteiger partial charge >= 0.3 is 12.0 Å². The average Bonchev–Trinajstić information content (AvgIpc) is 2.16. The SMILES string of the molecule is O=C1C(O)CO[C@]1(O)C(F)(F)F. The smallest absolute Gasteiger partial charge is 0.383 e. The van der Waals surface area contributed by atoms with Crippen LogP contribution in [-0.4, -0.2) is 40.7 Å². The van der Waals surface area contributed by atoms with Crippen LogP contribution in [0.2, 0.25) is 0 Å². The van der Waals surface area contributed by atoms with Gasteiger partial charge in [-0.05, 0) is 0 Å². The van der Waals surface area contributed by atoms with Crippen LogP contribution < -0.4 is 0 Å². The van der Waals surface area contributed by atoms with Crippen molar-refractivity contribution in [1.82, 2.24) is 0 Å². The van der Waals surface area contributed by atoms with Crippen LogP contribution in [0, 0.1) is 0 Å². The predicted molar refractivity (Wildman–Crippen MR) is 28.0 cm³/mol. The monoisotopic (exact) mass is 186 g/mol. The molecule has 0 spiro atoms. The number of halogens is 3. The van der Waals surface area contributed by atoms with E-state index in [0.717, 1.165) is 0 Å². The molecule has 0 aromatic heterocycles. The van der Waals surface area contributed by atoms with Crippen molar-refractivity contribution in [2.45, 2.75) is 18.1 Å². The maximum Gasteiger partial charge on any atom is 0.451 e. The summed E-state index contributed by atoms with van der Waals surface area (Å²) in [6.45, 7) is -0.838. The van der Waals surface area contributed by atoms with Crippen LogP contribution in [0.3, 0.4) is 0 Å². The normalized spacial score (nSPS) is 37.4. The average molecular weight is 186 g/mol. The fraction of sp³-hybridized carbons (Fsp3) is 0.800. The minimum atomic E-state index is -5.21. The third-order valence-corrected chi connectivity index (χ3v) is 1.47. The van der Waals surface area contributed by atoms with E-state index in [1.165, 1.54) is 0 Å². The molecule has 1 unspecified atom stereocenters. The molecule has 0 aromatic carbocycles. The van der Waals surface area contributed by atoms with Gasteiger partial charge < -0.3 is 14.9 Å². The Morgan fingerprint density at radius 1 is 1.58 bits per heavy atom. The topological polar surface area (TPSA) is 66.8 Å². The summed E-state index contributed by atoms with van der Waals surface area (Å²) < 4.78 is 39.3. The Morgan fingerprint density at radius 2 is 2.08 bits per heavy atom. The first-order chi connectivity index (χ1) is 5.29. The van der Waals surface area contributed by atoms with Crippen LogP contribution >= 0.6 is 0 Å². The van der Waals surface area contributed by atoms with Gasteiger partial charge in [-0.2, -0.15) is 13.2 Å². The van der Waals surface area contributed by atoms with Crippen molar-refractivity contribution in [3.05, 3.63) is 0 Å². The van der Waals surface area contributed by atoms with Gasteiger partial charge in [0.2, 0.25) is 5.78 Å². The molecule has 1 rings (SSSR count). The van der Waals surface area contributed by atoms with E-state index >= 15 is 0 Å². The van der Waals surface area contributed by atoms with Crippen LogP contribution in [0.1, 0.15) is 0 Å². The highest BCUT2D eigenvalue weighted by atomic mass is 19.4. The number of Topliss-reactive ketones (excluding diaryl/α,β-unsaturated/α-hetero) is 1. The Hall–Kier alpha value is -0.660. The van der Waals surface area contributed by atoms with E-state index in [1.54, 1.807) is 0 Å². The van der Waals surface area contributed by atoms with E-state index in [0.29, 0.717) is 0 Å². The van der Waals surface area contributed by atoms with Gasteiger partial charge in [0.1, 0.15) is 6.10 Å². The number of rotatable bonds is 0. The molecule has 0 radical (unpaired) electrons. The van der Waals surface area contributed by atoms with Crippen LogP contribution in [0.5, 0.6) is 0 Å². The first-order valence-corrected chi connectivity index (χ1v) is 2.94. The van der Waals surface area contributed by atoms with Crippen LogP contribution in [0.4, 0.5) is 13.2 Å². The lowest BCUT2D eigenvalue weighted by molar-refractivity contribution is -0.331. The second kappa shape index (κ2) is 2.41. The van der Waals surface area contributed by atoms with E-state index in [1.807, 2.05) is 0 Å². The molecule has 0 aromatic rings. The van der Waals surface area contributed by atoms with Gasteiger partial charge in [-0.3, -0.25) is 4.79 Å². The number of alkyl halides is 3. The zero-order chi connectivity index (χ0) is 9.57. The highest BCUT2D eigenvalue weighted by Crippen LogP contribution is 2.36. The summed E-state index contributed by atoms with van der Waals surface area (Å²) in [5, 5.41) is 17.2. The molecule has 1 aliphatic heterocycles. The van der Waals surface area contributed by atoms with Crippen molar-refractivity contribution >= 4 is 5.78 Å². The largest absolute Gasteiger partial charge is 0.451 e. The number of hydrogen-bond acceptors (Lipinski definition) is 4. The zero-order valence-corrected chi connectivity index (χ0v) is 5.63. The molecule has 2 N–H and O–H groups in total. The fourth-order valence-corrected chi connectivity index (χ4v) is 0.794. The summed E-state index contributed by atoms with van der Waals surface area (Å²) in [4.78, 5) is 10.5. The maximum atomic E-state index is 11.9. The van der Waals surface area contributed by atoms with E-state index in [-0.39, 0.29) is 0 Å². The molecule has 7 heteroatoms. The van der Waals surface area contributed by atoms with E-state index in [2.05, 4.69) is 4.74 Å². The van der Waals surface area contributed by atoms with Crippen molar-refractivity contribution in [3.63, 3.8) is 0 Å². The number of aliphatic hydroxyl groups is 2. The summed E-state index contributed by atoms with van der Waals surface area (Å²) in [6.07, 6.45) is -7.11. The van der Waals surface area contributed by atoms with Crippen LogP contribution in [-0.2, 0) is 9.53 Å². The number of carbonyl (C=O) groups excluding carboxylic acids is 1. The summed E-state index contributed by atoms with van der Waals surface area (Å²) in [5.41, 5.74) is 0. The predicted octanol–water partition coefficient (Wildman–Crippen LogP) is -0.803. The summed E-state index contributed by atoms with van der Waals surface area (Å²) in [7, 11) is 0. The summed E-state index contributed by atoms with van der Waals surface area (Å²) in [5.74, 6) is -5.60. The molecule has 12 heavy (non-hydrogen) atoms. The minimum Gasteiger partial charge on any atom is -0.383 e. The van der Waals surface area contributed by atoms with Gasteiger partial charge in [0.05, 0.1) is 6.61 Å². The Bertz CT molecular complexity index is 213. The number of ether oxygens (including phenoxy) is 1. The maximum absolute atomic E-state index is 11.9. The number of aliphatic hydroxyl groups excluding tert-OH is 1. The molecule has 1 heterocycles. The molecule has 1 aliphatic rings. The van der Waals surface area contributed by atoms with Crippen LogP contribution in [0.25, 0.3) is 0 Å². The molecule has 1 saturated heterocycles. The lowest BCUT2D eigenvalue weighted by Gasteiger charge is -2.22. The molecule has 0 saturated carbocycles. The molecular weight excluding hydrogens is 181 g/mol. The molecule has 2 atom stereocenters.